The Morgan fingerprint density at radius 2 is 0.529 bits per heavy atom. The number of hydrogen-bond donors (Lipinski definition) is 0. The smallest absolute Gasteiger partial charge is 0.0827 e. The van der Waals surface area contributed by atoms with Crippen LogP contribution in [0.4, 0.5) is 0 Å². The summed E-state index contributed by atoms with van der Waals surface area (Å²) in [6, 6.07) is 44.0. The molecular weight excluding hydrogens is 434 g/mol. The van der Waals surface area contributed by atoms with Crippen LogP contribution in [0.2, 0.25) is 0 Å². The minimum atomic E-state index is 0. The molecule has 0 fully saturated rings. The van der Waals surface area contributed by atoms with Crippen LogP contribution in [0.25, 0.3) is 0 Å². The molecule has 0 atom stereocenters. The zero-order chi connectivity index (χ0) is 22.6. The number of benzene rings is 4. The first kappa shape index (κ1) is 25.7. The summed E-state index contributed by atoms with van der Waals surface area (Å²) in [5.41, 5.74) is 5.77. The molecule has 4 aromatic carbocycles. The van der Waals surface area contributed by atoms with Crippen molar-refractivity contribution in [2.75, 3.05) is 26.2 Å². The molecule has 176 valence electrons. The predicted octanol–water partition coefficient (Wildman–Crippen LogP) is 3.78. The summed E-state index contributed by atoms with van der Waals surface area (Å²) in [6.45, 7) is 4.71. The van der Waals surface area contributed by atoms with Gasteiger partial charge in [-0.25, -0.2) is 0 Å². The van der Waals surface area contributed by atoms with E-state index in [4.69, 9.17) is 0 Å². The van der Waals surface area contributed by atoms with Gasteiger partial charge in [0, 0.05) is 25.7 Å². The topological polar surface area (TPSA) is 0 Å². The van der Waals surface area contributed by atoms with Crippen molar-refractivity contribution in [1.82, 2.24) is 0 Å². The van der Waals surface area contributed by atoms with Crippen molar-refractivity contribution in [2.45, 2.75) is 25.7 Å². The number of halogens is 1. The quantitative estimate of drug-likeness (QED) is 0.277. The summed E-state index contributed by atoms with van der Waals surface area (Å²) in [5.74, 6) is 0. The minimum Gasteiger partial charge on any atom is -1.00 e. The van der Waals surface area contributed by atoms with Crippen molar-refractivity contribution in [3.05, 3.63) is 144 Å². The van der Waals surface area contributed by atoms with Gasteiger partial charge in [0.1, 0.15) is 0 Å². The van der Waals surface area contributed by atoms with Gasteiger partial charge in [-0.05, 0) is 22.3 Å². The second-order valence-corrected chi connectivity index (χ2v) is 9.18. The van der Waals surface area contributed by atoms with Gasteiger partial charge in [-0.2, -0.15) is 0 Å². The highest BCUT2D eigenvalue weighted by Crippen LogP contribution is 2.18. The van der Waals surface area contributed by atoms with Crippen molar-refractivity contribution in [1.29, 1.82) is 0 Å². The fourth-order valence-electron chi connectivity index (χ4n) is 4.71. The summed E-state index contributed by atoms with van der Waals surface area (Å²) in [7, 11) is 0. The molecule has 0 heterocycles. The van der Waals surface area contributed by atoms with Gasteiger partial charge in [-0.3, -0.25) is 0 Å². The van der Waals surface area contributed by atoms with Crippen molar-refractivity contribution in [3.8, 4) is 0 Å². The molecule has 0 aliphatic heterocycles. The normalized spacial score (nSPS) is 11.1. The molecule has 0 aliphatic carbocycles. The van der Waals surface area contributed by atoms with Crippen LogP contribution in [0.5, 0.6) is 0 Å². The lowest BCUT2D eigenvalue weighted by atomic mass is 10.0. The molecule has 34 heavy (non-hydrogen) atoms. The lowest BCUT2D eigenvalue weighted by molar-refractivity contribution is -0.927. The van der Waals surface area contributed by atoms with Crippen LogP contribution in [0.15, 0.2) is 121 Å². The second-order valence-electron chi connectivity index (χ2n) is 9.18. The predicted molar refractivity (Wildman–Crippen MR) is 140 cm³/mol. The second kappa shape index (κ2) is 13.7. The third kappa shape index (κ3) is 8.17. The van der Waals surface area contributed by atoms with Crippen LogP contribution in [0.3, 0.4) is 0 Å². The summed E-state index contributed by atoms with van der Waals surface area (Å²) >= 11 is 0. The van der Waals surface area contributed by atoms with Gasteiger partial charge >= 0.3 is 0 Å². The molecule has 0 bridgehead atoms. The first-order chi connectivity index (χ1) is 16.3. The highest BCUT2D eigenvalue weighted by atomic mass is 35.5. The molecule has 0 spiro atoms. The molecule has 0 saturated heterocycles. The molecule has 4 rings (SSSR count). The van der Waals surface area contributed by atoms with Crippen LogP contribution < -0.4 is 12.4 Å². The fourth-order valence-corrected chi connectivity index (χ4v) is 4.71. The van der Waals surface area contributed by atoms with E-state index in [9.17, 15) is 0 Å². The largest absolute Gasteiger partial charge is 1.00 e. The number of nitrogens with zero attached hydrogens (tertiary/aromatic N) is 1. The third-order valence-corrected chi connectivity index (χ3v) is 6.87. The Labute approximate surface area is 212 Å². The summed E-state index contributed by atoms with van der Waals surface area (Å²) in [4.78, 5) is 0. The van der Waals surface area contributed by atoms with Crippen LogP contribution >= 0.6 is 0 Å². The van der Waals surface area contributed by atoms with Crippen molar-refractivity contribution < 1.29 is 16.9 Å². The Morgan fingerprint density at radius 3 is 0.735 bits per heavy atom. The number of quaternary nitrogens is 1. The maximum absolute atomic E-state index is 2.28. The van der Waals surface area contributed by atoms with Crippen LogP contribution in [0.1, 0.15) is 22.3 Å². The number of rotatable bonds is 12. The SMILES string of the molecule is [Cl-].c1ccc(CC[N+](CCc2ccccc2)(CCc2ccccc2)CCc2ccccc2)cc1. The van der Waals surface area contributed by atoms with E-state index in [-0.39, 0.29) is 12.4 Å². The Balaban J connectivity index is 0.00000324. The van der Waals surface area contributed by atoms with Crippen molar-refractivity contribution >= 4 is 0 Å². The van der Waals surface area contributed by atoms with E-state index in [0.717, 1.165) is 30.2 Å². The monoisotopic (exact) mass is 469 g/mol. The molecule has 4 aromatic rings. The molecule has 0 aliphatic rings. The summed E-state index contributed by atoms with van der Waals surface area (Å²) in [5, 5.41) is 0. The van der Waals surface area contributed by atoms with Gasteiger partial charge in [0.15, 0.2) is 0 Å². The zero-order valence-corrected chi connectivity index (χ0v) is 20.8. The van der Waals surface area contributed by atoms with E-state index in [1.807, 2.05) is 0 Å². The summed E-state index contributed by atoms with van der Waals surface area (Å²) in [6.07, 6.45) is 4.50. The van der Waals surface area contributed by atoms with E-state index >= 15 is 0 Å². The molecular formula is C32H36ClN. The van der Waals surface area contributed by atoms with E-state index in [0.29, 0.717) is 0 Å². The van der Waals surface area contributed by atoms with Crippen LogP contribution in [-0.2, 0) is 25.7 Å². The highest BCUT2D eigenvalue weighted by Gasteiger charge is 2.27. The van der Waals surface area contributed by atoms with E-state index in [1.165, 1.54) is 48.4 Å². The van der Waals surface area contributed by atoms with Crippen molar-refractivity contribution in [2.24, 2.45) is 0 Å². The minimum absolute atomic E-state index is 0. The third-order valence-electron chi connectivity index (χ3n) is 6.87. The maximum atomic E-state index is 2.28. The first-order valence-electron chi connectivity index (χ1n) is 12.3. The molecule has 0 unspecified atom stereocenters. The summed E-state index contributed by atoms with van der Waals surface area (Å²) < 4.78 is 1.15. The maximum Gasteiger partial charge on any atom is 0.0827 e. The molecule has 0 aromatic heterocycles. The Hall–Kier alpha value is -2.87. The molecule has 2 heteroatoms. The Kier molecular flexibility index (Phi) is 10.4. The van der Waals surface area contributed by atoms with Gasteiger partial charge < -0.3 is 16.9 Å². The van der Waals surface area contributed by atoms with E-state index < -0.39 is 0 Å². The molecule has 0 N–H and O–H groups in total. The average Bonchev–Trinajstić information content (AvgIpc) is 2.90. The van der Waals surface area contributed by atoms with E-state index in [2.05, 4.69) is 121 Å². The lowest BCUT2D eigenvalue weighted by Crippen LogP contribution is -3.00. The first-order valence-corrected chi connectivity index (χ1v) is 12.3. The van der Waals surface area contributed by atoms with Crippen LogP contribution in [0, 0.1) is 0 Å². The van der Waals surface area contributed by atoms with Gasteiger partial charge in [0.2, 0.25) is 0 Å². The molecule has 0 saturated carbocycles. The standard InChI is InChI=1S/C32H36N.ClH/c1-5-13-29(14-6-1)21-25-33(26-22-30-15-7-2-8-16-30,27-23-31-17-9-3-10-18-31)28-24-32-19-11-4-12-20-32;/h1-20H,21-28H2;1H/q+1;/p-1. The van der Waals surface area contributed by atoms with Crippen molar-refractivity contribution in [3.63, 3.8) is 0 Å². The van der Waals surface area contributed by atoms with Gasteiger partial charge in [0.05, 0.1) is 26.2 Å². The zero-order valence-electron chi connectivity index (χ0n) is 20.0. The van der Waals surface area contributed by atoms with E-state index in [1.54, 1.807) is 0 Å². The van der Waals surface area contributed by atoms with Gasteiger partial charge in [0.25, 0.3) is 0 Å². The van der Waals surface area contributed by atoms with Gasteiger partial charge in [-0.1, -0.05) is 121 Å². The molecule has 1 nitrogen and oxygen atoms in total. The average molecular weight is 470 g/mol. The highest BCUT2D eigenvalue weighted by molar-refractivity contribution is 5.17. The van der Waals surface area contributed by atoms with Crippen LogP contribution in [-0.4, -0.2) is 30.7 Å². The number of hydrogen-bond acceptors (Lipinski definition) is 0. The lowest BCUT2D eigenvalue weighted by Gasteiger charge is -2.39. The molecule has 0 amide bonds. The fraction of sp³-hybridized carbons (Fsp3) is 0.250. The molecule has 0 radical (unpaired) electrons. The Morgan fingerprint density at radius 1 is 0.324 bits per heavy atom. The Bertz CT molecular complexity index is 870. The van der Waals surface area contributed by atoms with Gasteiger partial charge in [-0.15, -0.1) is 0 Å².